The number of rotatable bonds is 4. The Labute approximate surface area is 164 Å². The predicted octanol–water partition coefficient (Wildman–Crippen LogP) is 5.32. The van der Waals surface area contributed by atoms with Crippen molar-refractivity contribution >= 4 is 11.8 Å². The Kier molecular flexibility index (Phi) is 4.70. The second kappa shape index (κ2) is 7.20. The molecule has 0 atom stereocenters. The minimum atomic E-state index is -4.69. The fraction of sp³-hybridized carbons (Fsp3) is 0.130. The fourth-order valence-corrected chi connectivity index (χ4v) is 3.50. The predicted molar refractivity (Wildman–Crippen MR) is 101 cm³/mol. The zero-order valence-electron chi connectivity index (χ0n) is 15.1. The van der Waals surface area contributed by atoms with E-state index in [-0.39, 0.29) is 0 Å². The molecule has 0 radical (unpaired) electrons. The monoisotopic (exact) mass is 396 g/mol. The van der Waals surface area contributed by atoms with Crippen LogP contribution in [0.2, 0.25) is 0 Å². The molecule has 0 aromatic heterocycles. The Hall–Kier alpha value is -3.41. The lowest BCUT2D eigenvalue weighted by Gasteiger charge is -2.12. The summed E-state index contributed by atoms with van der Waals surface area (Å²) < 4.78 is 44.0. The number of ketones is 1. The highest BCUT2D eigenvalue weighted by Gasteiger charge is 2.35. The topological polar surface area (TPSA) is 43.4 Å². The van der Waals surface area contributed by atoms with Crippen molar-refractivity contribution in [3.63, 3.8) is 0 Å². The third-order valence-electron chi connectivity index (χ3n) is 4.91. The standard InChI is InChI=1S/C23H15F3O3/c24-23(25,26)20-8-4-3-7-18(20)22(28)29-13-21(27)16-10-9-15-11-14-5-1-2-6-17(14)19(15)12-16/h1-10,12H,11,13H2. The van der Waals surface area contributed by atoms with E-state index in [1.807, 2.05) is 30.3 Å². The van der Waals surface area contributed by atoms with Gasteiger partial charge in [0.2, 0.25) is 0 Å². The first-order chi connectivity index (χ1) is 13.8. The van der Waals surface area contributed by atoms with Crippen LogP contribution < -0.4 is 0 Å². The van der Waals surface area contributed by atoms with Gasteiger partial charge in [0.1, 0.15) is 0 Å². The molecule has 3 aromatic rings. The number of Topliss-reactive ketones (excluding diaryl/α,β-unsaturated/α-hetero) is 1. The number of halogens is 3. The van der Waals surface area contributed by atoms with Crippen molar-refractivity contribution < 1.29 is 27.5 Å². The number of benzene rings is 3. The molecule has 3 nitrogen and oxygen atoms in total. The van der Waals surface area contributed by atoms with Crippen LogP contribution >= 0.6 is 0 Å². The largest absolute Gasteiger partial charge is 0.454 e. The fourth-order valence-electron chi connectivity index (χ4n) is 3.50. The van der Waals surface area contributed by atoms with Gasteiger partial charge in [0.25, 0.3) is 0 Å². The van der Waals surface area contributed by atoms with Crippen LogP contribution in [0.1, 0.15) is 37.4 Å². The SMILES string of the molecule is O=C(COC(=O)c1ccccc1C(F)(F)F)c1ccc2c(c1)-c1ccccc1C2. The van der Waals surface area contributed by atoms with Gasteiger partial charge in [-0.15, -0.1) is 0 Å². The summed E-state index contributed by atoms with van der Waals surface area (Å²) in [6.45, 7) is -0.633. The van der Waals surface area contributed by atoms with Crippen molar-refractivity contribution in [1.29, 1.82) is 0 Å². The molecule has 1 aliphatic carbocycles. The number of alkyl halides is 3. The highest BCUT2D eigenvalue weighted by molar-refractivity contribution is 6.01. The molecular formula is C23H15F3O3. The molecule has 0 bridgehead atoms. The number of hydrogen-bond acceptors (Lipinski definition) is 3. The average molecular weight is 396 g/mol. The van der Waals surface area contributed by atoms with Crippen molar-refractivity contribution in [1.82, 2.24) is 0 Å². The van der Waals surface area contributed by atoms with Gasteiger partial charge >= 0.3 is 12.1 Å². The lowest BCUT2D eigenvalue weighted by molar-refractivity contribution is -0.138. The van der Waals surface area contributed by atoms with Crippen molar-refractivity contribution in [3.8, 4) is 11.1 Å². The Morgan fingerprint density at radius 3 is 2.34 bits per heavy atom. The average Bonchev–Trinajstić information content (AvgIpc) is 3.09. The van der Waals surface area contributed by atoms with Crippen LogP contribution in [0.5, 0.6) is 0 Å². The third kappa shape index (κ3) is 3.66. The summed E-state index contributed by atoms with van der Waals surface area (Å²) in [4.78, 5) is 24.6. The molecule has 29 heavy (non-hydrogen) atoms. The van der Waals surface area contributed by atoms with Crippen LogP contribution in [0.3, 0.4) is 0 Å². The lowest BCUT2D eigenvalue weighted by Crippen LogP contribution is -2.18. The van der Waals surface area contributed by atoms with Crippen LogP contribution in [0.15, 0.2) is 66.7 Å². The van der Waals surface area contributed by atoms with Gasteiger partial charge in [0.15, 0.2) is 12.4 Å². The molecule has 0 spiro atoms. The third-order valence-corrected chi connectivity index (χ3v) is 4.91. The molecule has 0 fully saturated rings. The van der Waals surface area contributed by atoms with E-state index in [4.69, 9.17) is 4.74 Å². The van der Waals surface area contributed by atoms with E-state index in [9.17, 15) is 22.8 Å². The highest BCUT2D eigenvalue weighted by atomic mass is 19.4. The molecule has 6 heteroatoms. The van der Waals surface area contributed by atoms with E-state index in [0.29, 0.717) is 5.56 Å². The zero-order valence-corrected chi connectivity index (χ0v) is 15.1. The highest BCUT2D eigenvalue weighted by Crippen LogP contribution is 2.37. The maximum absolute atomic E-state index is 13.0. The summed E-state index contributed by atoms with van der Waals surface area (Å²) in [5.41, 5.74) is 2.90. The summed E-state index contributed by atoms with van der Waals surface area (Å²) in [5, 5.41) is 0. The Morgan fingerprint density at radius 2 is 1.55 bits per heavy atom. The first-order valence-corrected chi connectivity index (χ1v) is 8.92. The van der Waals surface area contributed by atoms with Gasteiger partial charge in [0, 0.05) is 5.56 Å². The van der Waals surface area contributed by atoms with E-state index in [0.717, 1.165) is 35.2 Å². The first kappa shape index (κ1) is 18.9. The Bertz CT molecular complexity index is 1120. The van der Waals surface area contributed by atoms with E-state index in [2.05, 4.69) is 0 Å². The Morgan fingerprint density at radius 1 is 0.862 bits per heavy atom. The second-order valence-electron chi connectivity index (χ2n) is 6.75. The van der Waals surface area contributed by atoms with Gasteiger partial charge in [-0.1, -0.05) is 48.5 Å². The second-order valence-corrected chi connectivity index (χ2v) is 6.75. The molecule has 4 rings (SSSR count). The molecule has 0 N–H and O–H groups in total. The normalized spacial score (nSPS) is 12.2. The molecule has 0 aliphatic heterocycles. The van der Waals surface area contributed by atoms with Crippen molar-refractivity contribution in [2.75, 3.05) is 6.61 Å². The van der Waals surface area contributed by atoms with Gasteiger partial charge in [-0.05, 0) is 46.9 Å². The van der Waals surface area contributed by atoms with E-state index in [1.54, 1.807) is 12.1 Å². The lowest BCUT2D eigenvalue weighted by atomic mass is 10.0. The van der Waals surface area contributed by atoms with E-state index >= 15 is 0 Å². The molecule has 0 saturated carbocycles. The number of carbonyl (C=O) groups excluding carboxylic acids is 2. The molecule has 1 aliphatic rings. The molecule has 0 heterocycles. The van der Waals surface area contributed by atoms with Crippen molar-refractivity contribution in [2.24, 2.45) is 0 Å². The number of ether oxygens (including phenoxy) is 1. The van der Waals surface area contributed by atoms with Crippen molar-refractivity contribution in [3.05, 3.63) is 94.5 Å². The number of esters is 1. The van der Waals surface area contributed by atoms with Crippen LogP contribution in [-0.2, 0) is 17.3 Å². The van der Waals surface area contributed by atoms with Gasteiger partial charge in [-0.25, -0.2) is 4.79 Å². The Balaban J connectivity index is 1.50. The number of carbonyl (C=O) groups is 2. The van der Waals surface area contributed by atoms with Crippen LogP contribution in [-0.4, -0.2) is 18.4 Å². The summed E-state index contributed by atoms with van der Waals surface area (Å²) >= 11 is 0. The molecule has 0 amide bonds. The quantitative estimate of drug-likeness (QED) is 0.347. The summed E-state index contributed by atoms with van der Waals surface area (Å²) in [5.74, 6) is -1.66. The maximum atomic E-state index is 13.0. The molecule has 0 unspecified atom stereocenters. The van der Waals surface area contributed by atoms with Gasteiger partial charge in [-0.3, -0.25) is 4.79 Å². The molecule has 0 saturated heterocycles. The van der Waals surface area contributed by atoms with E-state index < -0.39 is 35.7 Å². The number of hydrogen-bond donors (Lipinski definition) is 0. The van der Waals surface area contributed by atoms with Crippen LogP contribution in [0, 0.1) is 0 Å². The zero-order chi connectivity index (χ0) is 20.6. The summed E-state index contributed by atoms with van der Waals surface area (Å²) in [6, 6.07) is 17.4. The van der Waals surface area contributed by atoms with Crippen LogP contribution in [0.25, 0.3) is 11.1 Å². The van der Waals surface area contributed by atoms with Crippen molar-refractivity contribution in [2.45, 2.75) is 12.6 Å². The maximum Gasteiger partial charge on any atom is 0.417 e. The molecule has 146 valence electrons. The minimum absolute atomic E-state index is 0.345. The summed E-state index contributed by atoms with van der Waals surface area (Å²) in [7, 11) is 0. The molecule has 3 aromatic carbocycles. The smallest absolute Gasteiger partial charge is 0.417 e. The van der Waals surface area contributed by atoms with Gasteiger partial charge < -0.3 is 4.74 Å². The van der Waals surface area contributed by atoms with Crippen LogP contribution in [0.4, 0.5) is 13.2 Å². The van der Waals surface area contributed by atoms with E-state index in [1.165, 1.54) is 17.7 Å². The molecular weight excluding hydrogens is 381 g/mol. The first-order valence-electron chi connectivity index (χ1n) is 8.92. The number of fused-ring (bicyclic) bond motifs is 3. The minimum Gasteiger partial charge on any atom is -0.454 e. The summed E-state index contributed by atoms with van der Waals surface area (Å²) in [6.07, 6.45) is -3.91. The van der Waals surface area contributed by atoms with Gasteiger partial charge in [0.05, 0.1) is 11.1 Å². The van der Waals surface area contributed by atoms with Gasteiger partial charge in [-0.2, -0.15) is 13.2 Å².